The zero-order valence-electron chi connectivity index (χ0n) is 10.1. The van der Waals surface area contributed by atoms with Gasteiger partial charge in [-0.1, -0.05) is 29.3 Å². The number of aromatic nitrogens is 2. The number of rotatable bonds is 2. The molecule has 0 saturated heterocycles. The number of imidazole rings is 1. The fourth-order valence-electron chi connectivity index (χ4n) is 2.13. The Balaban J connectivity index is 2.36. The van der Waals surface area contributed by atoms with Crippen LogP contribution >= 0.6 is 34.8 Å². The first-order chi connectivity index (χ1) is 9.61. The number of alkyl halides is 1. The van der Waals surface area contributed by atoms with Crippen LogP contribution in [-0.4, -0.2) is 9.55 Å². The predicted molar refractivity (Wildman–Crippen MR) is 80.6 cm³/mol. The van der Waals surface area contributed by atoms with E-state index in [0.29, 0.717) is 27.6 Å². The lowest BCUT2D eigenvalue weighted by atomic mass is 10.2. The van der Waals surface area contributed by atoms with Gasteiger partial charge in [-0.15, -0.1) is 11.6 Å². The Morgan fingerprint density at radius 2 is 1.90 bits per heavy atom. The van der Waals surface area contributed by atoms with E-state index in [9.17, 15) is 4.39 Å². The predicted octanol–water partition coefficient (Wildman–Crippen LogP) is 5.21. The van der Waals surface area contributed by atoms with Gasteiger partial charge in [0, 0.05) is 0 Å². The van der Waals surface area contributed by atoms with E-state index in [1.54, 1.807) is 16.7 Å². The lowest BCUT2D eigenvalue weighted by Crippen LogP contribution is -2.00. The lowest BCUT2D eigenvalue weighted by molar-refractivity contribution is 0.627. The van der Waals surface area contributed by atoms with Crippen molar-refractivity contribution >= 4 is 45.8 Å². The van der Waals surface area contributed by atoms with Crippen LogP contribution in [0.5, 0.6) is 0 Å². The van der Waals surface area contributed by atoms with Crippen LogP contribution in [0.1, 0.15) is 5.82 Å². The molecule has 0 amide bonds. The first-order valence-electron chi connectivity index (χ1n) is 5.79. The lowest BCUT2D eigenvalue weighted by Gasteiger charge is -2.09. The Morgan fingerprint density at radius 1 is 1.10 bits per heavy atom. The molecule has 102 valence electrons. The molecular weight excluding hydrogens is 322 g/mol. The molecule has 0 saturated carbocycles. The van der Waals surface area contributed by atoms with E-state index in [-0.39, 0.29) is 10.9 Å². The van der Waals surface area contributed by atoms with Gasteiger partial charge in [0.1, 0.15) is 11.6 Å². The number of halogens is 4. The Morgan fingerprint density at radius 3 is 2.60 bits per heavy atom. The Kier molecular flexibility index (Phi) is 3.59. The molecule has 0 aliphatic rings. The summed E-state index contributed by atoms with van der Waals surface area (Å²) in [6.07, 6.45) is 0. The van der Waals surface area contributed by atoms with Gasteiger partial charge in [-0.2, -0.15) is 0 Å². The highest BCUT2D eigenvalue weighted by Crippen LogP contribution is 2.29. The molecule has 0 aliphatic heterocycles. The maximum Gasteiger partial charge on any atom is 0.143 e. The van der Waals surface area contributed by atoms with Gasteiger partial charge in [-0.25, -0.2) is 9.37 Å². The van der Waals surface area contributed by atoms with E-state index in [0.717, 1.165) is 0 Å². The normalized spacial score (nSPS) is 11.2. The van der Waals surface area contributed by atoms with Crippen molar-refractivity contribution in [2.75, 3.05) is 0 Å². The maximum absolute atomic E-state index is 13.7. The van der Waals surface area contributed by atoms with Crippen molar-refractivity contribution in [2.24, 2.45) is 0 Å². The summed E-state index contributed by atoms with van der Waals surface area (Å²) < 4.78 is 15.4. The van der Waals surface area contributed by atoms with Crippen LogP contribution in [0.3, 0.4) is 0 Å². The van der Waals surface area contributed by atoms with Crippen LogP contribution < -0.4 is 0 Å². The van der Waals surface area contributed by atoms with Crippen molar-refractivity contribution in [1.29, 1.82) is 0 Å². The fourth-order valence-corrected chi connectivity index (χ4v) is 2.68. The third-order valence-corrected chi connectivity index (χ3v) is 3.83. The SMILES string of the molecule is Fc1cc(-n2c(CCl)nc3cccc(Cl)c32)ccc1Cl. The third-order valence-electron chi connectivity index (χ3n) is 2.98. The minimum atomic E-state index is -0.501. The Bertz CT molecular complexity index is 798. The fraction of sp³-hybridized carbons (Fsp3) is 0.0714. The van der Waals surface area contributed by atoms with Gasteiger partial charge in [0.2, 0.25) is 0 Å². The summed E-state index contributed by atoms with van der Waals surface area (Å²) in [5, 5.41) is 0.596. The van der Waals surface area contributed by atoms with Crippen molar-refractivity contribution in [3.8, 4) is 5.69 Å². The van der Waals surface area contributed by atoms with Crippen LogP contribution in [0, 0.1) is 5.82 Å². The van der Waals surface area contributed by atoms with Crippen molar-refractivity contribution in [3.05, 3.63) is 58.1 Å². The number of benzene rings is 2. The van der Waals surface area contributed by atoms with Gasteiger partial charge < -0.3 is 0 Å². The first kappa shape index (κ1) is 13.7. The molecular formula is C14H8Cl3FN2. The van der Waals surface area contributed by atoms with Crippen LogP contribution in [0.2, 0.25) is 10.0 Å². The van der Waals surface area contributed by atoms with Gasteiger partial charge in [0.25, 0.3) is 0 Å². The molecule has 0 spiro atoms. The van der Waals surface area contributed by atoms with Gasteiger partial charge in [0.05, 0.1) is 32.6 Å². The van der Waals surface area contributed by atoms with E-state index in [1.165, 1.54) is 12.1 Å². The van der Waals surface area contributed by atoms with Crippen LogP contribution in [0.25, 0.3) is 16.7 Å². The average molecular weight is 330 g/mol. The third kappa shape index (κ3) is 2.16. The molecule has 2 nitrogen and oxygen atoms in total. The second-order valence-electron chi connectivity index (χ2n) is 4.20. The molecule has 20 heavy (non-hydrogen) atoms. The molecule has 0 bridgehead atoms. The molecule has 1 aromatic heterocycles. The quantitative estimate of drug-likeness (QED) is 0.590. The number of fused-ring (bicyclic) bond motifs is 1. The Labute approximate surface area is 129 Å². The molecule has 0 fully saturated rings. The highest BCUT2D eigenvalue weighted by atomic mass is 35.5. The highest BCUT2D eigenvalue weighted by molar-refractivity contribution is 6.35. The monoisotopic (exact) mass is 328 g/mol. The Hall–Kier alpha value is -1.29. The zero-order chi connectivity index (χ0) is 14.3. The molecule has 0 atom stereocenters. The smallest absolute Gasteiger partial charge is 0.143 e. The molecule has 2 aromatic carbocycles. The van der Waals surface area contributed by atoms with E-state index in [1.807, 2.05) is 12.1 Å². The van der Waals surface area contributed by atoms with Crippen LogP contribution in [0.4, 0.5) is 4.39 Å². The molecule has 0 N–H and O–H groups in total. The number of hydrogen-bond acceptors (Lipinski definition) is 1. The number of para-hydroxylation sites is 1. The van der Waals surface area contributed by atoms with E-state index in [4.69, 9.17) is 34.8 Å². The zero-order valence-corrected chi connectivity index (χ0v) is 12.3. The summed E-state index contributed by atoms with van der Waals surface area (Å²) in [6.45, 7) is 0. The average Bonchev–Trinajstić information content (AvgIpc) is 2.82. The van der Waals surface area contributed by atoms with Crippen molar-refractivity contribution in [3.63, 3.8) is 0 Å². The number of nitrogens with zero attached hydrogens (tertiary/aromatic N) is 2. The molecule has 0 aliphatic carbocycles. The van der Waals surface area contributed by atoms with Crippen molar-refractivity contribution in [2.45, 2.75) is 5.88 Å². The topological polar surface area (TPSA) is 17.8 Å². The summed E-state index contributed by atoms with van der Waals surface area (Å²) in [7, 11) is 0. The minimum Gasteiger partial charge on any atom is -0.294 e. The molecule has 1 heterocycles. The van der Waals surface area contributed by atoms with Gasteiger partial charge in [0.15, 0.2) is 0 Å². The largest absolute Gasteiger partial charge is 0.294 e. The van der Waals surface area contributed by atoms with Gasteiger partial charge in [-0.3, -0.25) is 4.57 Å². The molecule has 0 unspecified atom stereocenters. The van der Waals surface area contributed by atoms with Crippen molar-refractivity contribution < 1.29 is 4.39 Å². The standard InChI is InChI=1S/C14H8Cl3FN2/c15-7-13-19-12-3-1-2-10(17)14(12)20(13)8-4-5-9(16)11(18)6-8/h1-6H,7H2. The van der Waals surface area contributed by atoms with Crippen molar-refractivity contribution in [1.82, 2.24) is 9.55 Å². The first-order valence-corrected chi connectivity index (χ1v) is 7.08. The van der Waals surface area contributed by atoms with Gasteiger partial charge in [-0.05, 0) is 30.3 Å². The number of hydrogen-bond donors (Lipinski definition) is 0. The summed E-state index contributed by atoms with van der Waals surface area (Å²) >= 11 is 17.9. The molecule has 6 heteroatoms. The second-order valence-corrected chi connectivity index (χ2v) is 5.28. The summed E-state index contributed by atoms with van der Waals surface area (Å²) in [4.78, 5) is 4.41. The maximum atomic E-state index is 13.7. The highest BCUT2D eigenvalue weighted by Gasteiger charge is 2.15. The molecule has 3 aromatic rings. The second kappa shape index (κ2) is 5.24. The minimum absolute atomic E-state index is 0.0664. The summed E-state index contributed by atoms with van der Waals surface area (Å²) in [6, 6.07) is 9.93. The molecule has 0 radical (unpaired) electrons. The van der Waals surface area contributed by atoms with Crippen LogP contribution in [0.15, 0.2) is 36.4 Å². The van der Waals surface area contributed by atoms with E-state index >= 15 is 0 Å². The van der Waals surface area contributed by atoms with E-state index in [2.05, 4.69) is 4.98 Å². The molecule has 3 rings (SSSR count). The summed E-state index contributed by atoms with van der Waals surface area (Å²) in [5.74, 6) is 0.282. The van der Waals surface area contributed by atoms with E-state index < -0.39 is 5.82 Å². The van der Waals surface area contributed by atoms with Crippen LogP contribution in [-0.2, 0) is 5.88 Å². The summed E-state index contributed by atoms with van der Waals surface area (Å²) in [5.41, 5.74) is 1.99. The van der Waals surface area contributed by atoms with Gasteiger partial charge >= 0.3 is 0 Å².